The summed E-state index contributed by atoms with van der Waals surface area (Å²) in [6.07, 6.45) is 3.94. The summed E-state index contributed by atoms with van der Waals surface area (Å²) in [6, 6.07) is 15.9. The first kappa shape index (κ1) is 17.9. The van der Waals surface area contributed by atoms with Crippen molar-refractivity contribution in [3.8, 4) is 0 Å². The standard InChI is InChI=1S/C20H22FNO2/c1-22(19(14-15-23)17-9-3-2-4-10-17)20(24)13-7-11-16-8-5-6-12-18(16)21/h2-12,19,23H,13-15H2,1H3/b11-7+. The van der Waals surface area contributed by atoms with Gasteiger partial charge in [-0.05, 0) is 18.1 Å². The van der Waals surface area contributed by atoms with Crippen LogP contribution in [-0.2, 0) is 4.79 Å². The van der Waals surface area contributed by atoms with Gasteiger partial charge in [-0.3, -0.25) is 4.79 Å². The molecule has 0 fully saturated rings. The molecule has 0 aliphatic carbocycles. The van der Waals surface area contributed by atoms with Crippen LogP contribution < -0.4 is 0 Å². The van der Waals surface area contributed by atoms with Crippen molar-refractivity contribution in [2.24, 2.45) is 0 Å². The largest absolute Gasteiger partial charge is 0.396 e. The topological polar surface area (TPSA) is 40.5 Å². The van der Waals surface area contributed by atoms with Crippen LogP contribution in [0.15, 0.2) is 60.7 Å². The van der Waals surface area contributed by atoms with Crippen molar-refractivity contribution in [1.82, 2.24) is 4.90 Å². The number of carbonyl (C=O) groups is 1. The molecule has 0 aromatic heterocycles. The molecule has 4 heteroatoms. The van der Waals surface area contributed by atoms with Crippen LogP contribution in [-0.4, -0.2) is 29.6 Å². The average molecular weight is 327 g/mol. The van der Waals surface area contributed by atoms with E-state index in [0.29, 0.717) is 12.0 Å². The van der Waals surface area contributed by atoms with Gasteiger partial charge in [-0.15, -0.1) is 0 Å². The van der Waals surface area contributed by atoms with E-state index >= 15 is 0 Å². The van der Waals surface area contributed by atoms with E-state index in [0.717, 1.165) is 5.56 Å². The zero-order valence-electron chi connectivity index (χ0n) is 13.7. The van der Waals surface area contributed by atoms with Crippen molar-refractivity contribution in [2.75, 3.05) is 13.7 Å². The SMILES string of the molecule is CN(C(=O)C/C=C/c1ccccc1F)C(CCO)c1ccccc1. The summed E-state index contributed by atoms with van der Waals surface area (Å²) >= 11 is 0. The number of aliphatic hydroxyl groups excluding tert-OH is 1. The first-order valence-corrected chi connectivity index (χ1v) is 7.96. The highest BCUT2D eigenvalue weighted by Crippen LogP contribution is 2.23. The monoisotopic (exact) mass is 327 g/mol. The van der Waals surface area contributed by atoms with Crippen LogP contribution in [0.2, 0.25) is 0 Å². The lowest BCUT2D eigenvalue weighted by atomic mass is 10.0. The third-order valence-electron chi connectivity index (χ3n) is 3.94. The minimum atomic E-state index is -0.308. The molecule has 126 valence electrons. The molecule has 0 saturated heterocycles. The number of halogens is 1. The minimum Gasteiger partial charge on any atom is -0.396 e. The van der Waals surface area contributed by atoms with E-state index in [-0.39, 0.29) is 30.8 Å². The van der Waals surface area contributed by atoms with E-state index in [2.05, 4.69) is 0 Å². The summed E-state index contributed by atoms with van der Waals surface area (Å²) in [6.45, 7) is 0.00223. The molecular formula is C20H22FNO2. The Morgan fingerprint density at radius 3 is 2.50 bits per heavy atom. The van der Waals surface area contributed by atoms with Crippen molar-refractivity contribution >= 4 is 12.0 Å². The number of amides is 1. The van der Waals surface area contributed by atoms with E-state index < -0.39 is 0 Å². The third kappa shape index (κ3) is 4.77. The van der Waals surface area contributed by atoms with E-state index in [1.165, 1.54) is 6.07 Å². The Bertz CT molecular complexity index is 685. The van der Waals surface area contributed by atoms with Crippen molar-refractivity contribution in [3.05, 3.63) is 77.6 Å². The second-order valence-electron chi connectivity index (χ2n) is 5.57. The van der Waals surface area contributed by atoms with Gasteiger partial charge in [-0.1, -0.05) is 60.7 Å². The molecule has 0 heterocycles. The molecule has 0 bridgehead atoms. The maximum atomic E-state index is 13.5. The molecule has 1 amide bonds. The normalized spacial score (nSPS) is 12.3. The zero-order chi connectivity index (χ0) is 17.4. The Balaban J connectivity index is 2.03. The average Bonchev–Trinajstić information content (AvgIpc) is 2.61. The summed E-state index contributed by atoms with van der Waals surface area (Å²) in [5.41, 5.74) is 1.45. The molecule has 0 saturated carbocycles. The predicted octanol–water partition coefficient (Wildman–Crippen LogP) is 3.81. The number of aliphatic hydroxyl groups is 1. The van der Waals surface area contributed by atoms with Crippen molar-refractivity contribution < 1.29 is 14.3 Å². The van der Waals surface area contributed by atoms with Crippen LogP contribution in [0, 0.1) is 5.82 Å². The first-order valence-electron chi connectivity index (χ1n) is 7.96. The molecule has 1 unspecified atom stereocenters. The number of benzene rings is 2. The van der Waals surface area contributed by atoms with Gasteiger partial charge >= 0.3 is 0 Å². The molecular weight excluding hydrogens is 305 g/mol. The molecule has 2 aromatic rings. The van der Waals surface area contributed by atoms with E-state index in [1.807, 2.05) is 30.3 Å². The van der Waals surface area contributed by atoms with Gasteiger partial charge < -0.3 is 10.0 Å². The van der Waals surface area contributed by atoms with Gasteiger partial charge in [0.15, 0.2) is 0 Å². The third-order valence-corrected chi connectivity index (χ3v) is 3.94. The lowest BCUT2D eigenvalue weighted by molar-refractivity contribution is -0.131. The lowest BCUT2D eigenvalue weighted by Gasteiger charge is -2.28. The van der Waals surface area contributed by atoms with Crippen LogP contribution in [0.25, 0.3) is 6.08 Å². The number of hydrogen-bond acceptors (Lipinski definition) is 2. The highest BCUT2D eigenvalue weighted by atomic mass is 19.1. The molecule has 24 heavy (non-hydrogen) atoms. The molecule has 2 rings (SSSR count). The molecule has 0 aliphatic rings. The molecule has 1 N–H and O–H groups in total. The number of nitrogens with zero attached hydrogens (tertiary/aromatic N) is 1. The summed E-state index contributed by atoms with van der Waals surface area (Å²) in [5.74, 6) is -0.387. The van der Waals surface area contributed by atoms with Crippen molar-refractivity contribution in [2.45, 2.75) is 18.9 Å². The van der Waals surface area contributed by atoms with Crippen LogP contribution in [0.5, 0.6) is 0 Å². The van der Waals surface area contributed by atoms with E-state index in [4.69, 9.17) is 0 Å². The predicted molar refractivity (Wildman–Crippen MR) is 93.7 cm³/mol. The summed E-state index contributed by atoms with van der Waals surface area (Å²) < 4.78 is 13.5. The van der Waals surface area contributed by atoms with Gasteiger partial charge in [0.2, 0.25) is 5.91 Å². The molecule has 0 radical (unpaired) electrons. The van der Waals surface area contributed by atoms with Crippen LogP contribution in [0.1, 0.15) is 30.0 Å². The van der Waals surface area contributed by atoms with Crippen molar-refractivity contribution in [1.29, 1.82) is 0 Å². The van der Waals surface area contributed by atoms with Gasteiger partial charge in [0, 0.05) is 25.6 Å². The highest BCUT2D eigenvalue weighted by molar-refractivity contribution is 5.79. The molecule has 2 aromatic carbocycles. The summed E-state index contributed by atoms with van der Waals surface area (Å²) in [4.78, 5) is 14.0. The van der Waals surface area contributed by atoms with Gasteiger partial charge in [0.25, 0.3) is 0 Å². The van der Waals surface area contributed by atoms with E-state index in [1.54, 1.807) is 42.3 Å². The molecule has 3 nitrogen and oxygen atoms in total. The Labute approximate surface area is 142 Å². The molecule has 0 aliphatic heterocycles. The summed E-state index contributed by atoms with van der Waals surface area (Å²) in [5, 5.41) is 9.29. The Morgan fingerprint density at radius 2 is 1.83 bits per heavy atom. The fourth-order valence-electron chi connectivity index (χ4n) is 2.60. The second-order valence-corrected chi connectivity index (χ2v) is 5.57. The first-order chi connectivity index (χ1) is 11.6. The van der Waals surface area contributed by atoms with Crippen LogP contribution >= 0.6 is 0 Å². The second kappa shape index (κ2) is 8.99. The van der Waals surface area contributed by atoms with Crippen LogP contribution in [0.3, 0.4) is 0 Å². The highest BCUT2D eigenvalue weighted by Gasteiger charge is 2.20. The van der Waals surface area contributed by atoms with Gasteiger partial charge in [-0.25, -0.2) is 4.39 Å². The van der Waals surface area contributed by atoms with Crippen molar-refractivity contribution in [3.63, 3.8) is 0 Å². The Morgan fingerprint density at radius 1 is 1.17 bits per heavy atom. The van der Waals surface area contributed by atoms with Crippen LogP contribution in [0.4, 0.5) is 4.39 Å². The molecule has 0 spiro atoms. The van der Waals surface area contributed by atoms with E-state index in [9.17, 15) is 14.3 Å². The quantitative estimate of drug-likeness (QED) is 0.840. The van der Waals surface area contributed by atoms with Gasteiger partial charge in [-0.2, -0.15) is 0 Å². The number of rotatable bonds is 7. The Hall–Kier alpha value is -2.46. The smallest absolute Gasteiger partial charge is 0.226 e. The minimum absolute atomic E-state index is 0.00223. The lowest BCUT2D eigenvalue weighted by Crippen LogP contribution is -2.31. The zero-order valence-corrected chi connectivity index (χ0v) is 13.7. The Kier molecular flexibility index (Phi) is 6.70. The number of hydrogen-bond donors (Lipinski definition) is 1. The maximum absolute atomic E-state index is 13.5. The van der Waals surface area contributed by atoms with Gasteiger partial charge in [0.05, 0.1) is 6.04 Å². The maximum Gasteiger partial charge on any atom is 0.226 e. The molecule has 1 atom stereocenters. The fourth-order valence-corrected chi connectivity index (χ4v) is 2.60. The van der Waals surface area contributed by atoms with Gasteiger partial charge in [0.1, 0.15) is 5.82 Å². The summed E-state index contributed by atoms with van der Waals surface area (Å²) in [7, 11) is 1.73. The fraction of sp³-hybridized carbons (Fsp3) is 0.250. The number of carbonyl (C=O) groups excluding carboxylic acids is 1.